The first-order valence-electron chi connectivity index (χ1n) is 6.60. The fourth-order valence-corrected chi connectivity index (χ4v) is 2.41. The van der Waals surface area contributed by atoms with Gasteiger partial charge in [0, 0.05) is 24.8 Å². The molecule has 3 N–H and O–H groups in total. The second kappa shape index (κ2) is 5.10. The van der Waals surface area contributed by atoms with E-state index in [9.17, 15) is 5.11 Å². The lowest BCUT2D eigenvalue weighted by Crippen LogP contribution is -2.29. The molecule has 0 saturated carbocycles. The molecule has 1 saturated heterocycles. The highest BCUT2D eigenvalue weighted by molar-refractivity contribution is 5.48. The quantitative estimate of drug-likeness (QED) is 0.829. The average Bonchev–Trinajstić information content (AvgIpc) is 2.50. The summed E-state index contributed by atoms with van der Waals surface area (Å²) in [6.45, 7) is 5.73. The molecule has 18 heavy (non-hydrogen) atoms. The Bertz CT molecular complexity index is 419. The highest BCUT2D eigenvalue weighted by atomic mass is 16.3. The monoisotopic (exact) mass is 250 g/mol. The lowest BCUT2D eigenvalue weighted by atomic mass is 9.98. The van der Waals surface area contributed by atoms with E-state index in [1.807, 2.05) is 6.92 Å². The summed E-state index contributed by atoms with van der Waals surface area (Å²) in [5.74, 6) is 1.25. The van der Waals surface area contributed by atoms with Crippen molar-refractivity contribution in [3.05, 3.63) is 11.8 Å². The molecule has 5 nitrogen and oxygen atoms in total. The van der Waals surface area contributed by atoms with Crippen molar-refractivity contribution in [3.8, 4) is 0 Å². The van der Waals surface area contributed by atoms with Gasteiger partial charge in [-0.25, -0.2) is 4.98 Å². The predicted molar refractivity (Wildman–Crippen MR) is 72.5 cm³/mol. The van der Waals surface area contributed by atoms with E-state index in [0.717, 1.165) is 50.2 Å². The van der Waals surface area contributed by atoms with E-state index in [2.05, 4.69) is 21.8 Å². The SMILES string of the molecule is CCc1cnc(N)nc1N1CCC[C@@](C)(O)CC1. The zero-order chi connectivity index (χ0) is 13.2. The molecule has 0 radical (unpaired) electrons. The van der Waals surface area contributed by atoms with E-state index in [1.165, 1.54) is 0 Å². The second-order valence-electron chi connectivity index (χ2n) is 5.27. The molecular weight excluding hydrogens is 228 g/mol. The van der Waals surface area contributed by atoms with Crippen LogP contribution >= 0.6 is 0 Å². The van der Waals surface area contributed by atoms with Gasteiger partial charge in [0.1, 0.15) is 5.82 Å². The first kappa shape index (κ1) is 13.1. The molecule has 1 atom stereocenters. The van der Waals surface area contributed by atoms with Crippen LogP contribution in [0.3, 0.4) is 0 Å². The van der Waals surface area contributed by atoms with Gasteiger partial charge in [0.05, 0.1) is 5.60 Å². The van der Waals surface area contributed by atoms with Crippen LogP contribution < -0.4 is 10.6 Å². The minimum atomic E-state index is -0.556. The van der Waals surface area contributed by atoms with E-state index < -0.39 is 5.60 Å². The standard InChI is InChI=1S/C13H22N4O/c1-3-10-9-15-12(14)16-11(10)17-7-4-5-13(2,18)6-8-17/h9,18H,3-8H2,1-2H3,(H2,14,15,16)/t13-/m1/s1. The van der Waals surface area contributed by atoms with Crippen molar-refractivity contribution >= 4 is 11.8 Å². The number of nitrogens with zero attached hydrogens (tertiary/aromatic N) is 3. The number of hydrogen-bond donors (Lipinski definition) is 2. The number of nitrogens with two attached hydrogens (primary N) is 1. The Hall–Kier alpha value is -1.36. The zero-order valence-corrected chi connectivity index (χ0v) is 11.2. The Morgan fingerprint density at radius 3 is 2.94 bits per heavy atom. The summed E-state index contributed by atoms with van der Waals surface area (Å²) >= 11 is 0. The van der Waals surface area contributed by atoms with Gasteiger partial charge >= 0.3 is 0 Å². The number of hydrogen-bond acceptors (Lipinski definition) is 5. The van der Waals surface area contributed by atoms with Crippen LogP contribution in [-0.4, -0.2) is 33.8 Å². The third-order valence-corrected chi connectivity index (χ3v) is 3.60. The van der Waals surface area contributed by atoms with Crippen molar-refractivity contribution in [3.63, 3.8) is 0 Å². The Kier molecular flexibility index (Phi) is 3.71. The molecule has 1 aromatic heterocycles. The summed E-state index contributed by atoms with van der Waals surface area (Å²) in [6.07, 6.45) is 5.27. The maximum Gasteiger partial charge on any atom is 0.221 e. The molecule has 0 aromatic carbocycles. The third kappa shape index (κ3) is 2.90. The molecule has 0 spiro atoms. The molecule has 0 bridgehead atoms. The summed E-state index contributed by atoms with van der Waals surface area (Å²) in [4.78, 5) is 10.6. The van der Waals surface area contributed by atoms with Gasteiger partial charge in [0.25, 0.3) is 0 Å². The van der Waals surface area contributed by atoms with Gasteiger partial charge in [-0.15, -0.1) is 0 Å². The van der Waals surface area contributed by atoms with Crippen molar-refractivity contribution in [1.82, 2.24) is 9.97 Å². The number of aryl methyl sites for hydroxylation is 1. The summed E-state index contributed by atoms with van der Waals surface area (Å²) < 4.78 is 0. The van der Waals surface area contributed by atoms with E-state index in [0.29, 0.717) is 5.95 Å². The summed E-state index contributed by atoms with van der Waals surface area (Å²) in [5, 5.41) is 10.1. The fourth-order valence-electron chi connectivity index (χ4n) is 2.41. The molecule has 0 aliphatic carbocycles. The van der Waals surface area contributed by atoms with Crippen molar-refractivity contribution in [2.24, 2.45) is 0 Å². The topological polar surface area (TPSA) is 75.3 Å². The number of anilines is 2. The Morgan fingerprint density at radius 2 is 2.22 bits per heavy atom. The van der Waals surface area contributed by atoms with Crippen LogP contribution in [0.5, 0.6) is 0 Å². The van der Waals surface area contributed by atoms with Crippen molar-refractivity contribution in [2.75, 3.05) is 23.7 Å². The summed E-state index contributed by atoms with van der Waals surface area (Å²) in [6, 6.07) is 0. The van der Waals surface area contributed by atoms with Crippen LogP contribution in [0.4, 0.5) is 11.8 Å². The second-order valence-corrected chi connectivity index (χ2v) is 5.27. The molecule has 1 aliphatic heterocycles. The number of nitrogen functional groups attached to an aromatic ring is 1. The first-order valence-corrected chi connectivity index (χ1v) is 6.60. The van der Waals surface area contributed by atoms with Gasteiger partial charge < -0.3 is 15.7 Å². The molecule has 2 heterocycles. The highest BCUT2D eigenvalue weighted by Gasteiger charge is 2.26. The third-order valence-electron chi connectivity index (χ3n) is 3.60. The minimum Gasteiger partial charge on any atom is -0.390 e. The van der Waals surface area contributed by atoms with Crippen molar-refractivity contribution in [2.45, 2.75) is 45.1 Å². The van der Waals surface area contributed by atoms with Crippen LogP contribution in [0.15, 0.2) is 6.20 Å². The van der Waals surface area contributed by atoms with Gasteiger partial charge in [0.15, 0.2) is 0 Å². The number of rotatable bonds is 2. The van der Waals surface area contributed by atoms with Gasteiger partial charge in [-0.3, -0.25) is 0 Å². The lowest BCUT2D eigenvalue weighted by molar-refractivity contribution is 0.0481. The number of aliphatic hydroxyl groups is 1. The maximum absolute atomic E-state index is 10.1. The number of aromatic nitrogens is 2. The molecule has 1 fully saturated rings. The zero-order valence-electron chi connectivity index (χ0n) is 11.2. The predicted octanol–water partition coefficient (Wildman–Crippen LogP) is 1.36. The largest absolute Gasteiger partial charge is 0.390 e. The molecule has 0 unspecified atom stereocenters. The van der Waals surface area contributed by atoms with Crippen molar-refractivity contribution < 1.29 is 5.11 Å². The van der Waals surface area contributed by atoms with E-state index >= 15 is 0 Å². The first-order chi connectivity index (χ1) is 8.52. The van der Waals surface area contributed by atoms with Gasteiger partial charge in [-0.05, 0) is 32.6 Å². The maximum atomic E-state index is 10.1. The Morgan fingerprint density at radius 1 is 1.44 bits per heavy atom. The van der Waals surface area contributed by atoms with Crippen LogP contribution in [0.1, 0.15) is 38.7 Å². The van der Waals surface area contributed by atoms with Crippen molar-refractivity contribution in [1.29, 1.82) is 0 Å². The highest BCUT2D eigenvalue weighted by Crippen LogP contribution is 2.26. The van der Waals surface area contributed by atoms with Gasteiger partial charge in [0.2, 0.25) is 5.95 Å². The summed E-state index contributed by atoms with van der Waals surface area (Å²) in [5.41, 5.74) is 6.24. The Labute approximate surface area is 108 Å². The smallest absolute Gasteiger partial charge is 0.221 e. The van der Waals surface area contributed by atoms with Crippen LogP contribution in [0, 0.1) is 0 Å². The average molecular weight is 250 g/mol. The van der Waals surface area contributed by atoms with Gasteiger partial charge in [-0.2, -0.15) is 4.98 Å². The minimum absolute atomic E-state index is 0.318. The lowest BCUT2D eigenvalue weighted by Gasteiger charge is -2.25. The molecular formula is C13H22N4O. The van der Waals surface area contributed by atoms with Crippen LogP contribution in [-0.2, 0) is 6.42 Å². The molecule has 1 aromatic rings. The van der Waals surface area contributed by atoms with Crippen LogP contribution in [0.2, 0.25) is 0 Å². The molecule has 100 valence electrons. The fraction of sp³-hybridized carbons (Fsp3) is 0.692. The molecule has 0 amide bonds. The molecule has 1 aliphatic rings. The van der Waals surface area contributed by atoms with Gasteiger partial charge in [-0.1, -0.05) is 6.92 Å². The Balaban J connectivity index is 2.23. The van der Waals surface area contributed by atoms with E-state index in [1.54, 1.807) is 6.20 Å². The summed E-state index contributed by atoms with van der Waals surface area (Å²) in [7, 11) is 0. The van der Waals surface area contributed by atoms with E-state index in [4.69, 9.17) is 5.73 Å². The molecule has 5 heteroatoms. The van der Waals surface area contributed by atoms with E-state index in [-0.39, 0.29) is 0 Å². The normalized spacial score (nSPS) is 24.9. The molecule has 2 rings (SSSR count). The van der Waals surface area contributed by atoms with Crippen LogP contribution in [0.25, 0.3) is 0 Å².